The lowest BCUT2D eigenvalue weighted by molar-refractivity contribution is -0.121. The highest BCUT2D eigenvalue weighted by molar-refractivity contribution is 8.26. The van der Waals surface area contributed by atoms with Gasteiger partial charge >= 0.3 is 0 Å². The van der Waals surface area contributed by atoms with Crippen LogP contribution in [0.1, 0.15) is 12.5 Å². The van der Waals surface area contributed by atoms with E-state index in [0.29, 0.717) is 15.8 Å². The number of halogens is 2. The first-order valence-corrected chi connectivity index (χ1v) is 6.84. The molecular weight excluding hydrogens is 293 g/mol. The van der Waals surface area contributed by atoms with Crippen LogP contribution in [0.25, 0.3) is 6.08 Å². The Labute approximate surface area is 119 Å². The van der Waals surface area contributed by atoms with Crippen LogP contribution in [0, 0.1) is 5.82 Å². The Hall–Kier alpha value is -0.910. The summed E-state index contributed by atoms with van der Waals surface area (Å²) in [7, 11) is 0. The zero-order valence-electron chi connectivity index (χ0n) is 9.44. The van der Waals surface area contributed by atoms with E-state index in [2.05, 4.69) is 0 Å². The van der Waals surface area contributed by atoms with Gasteiger partial charge in [-0.25, -0.2) is 4.39 Å². The number of nitrogens with zero attached hydrogens (tertiary/aromatic N) is 1. The maximum atomic E-state index is 13.6. The van der Waals surface area contributed by atoms with E-state index in [1.807, 2.05) is 6.92 Å². The number of amides is 1. The molecule has 0 aliphatic carbocycles. The molecule has 0 unspecified atom stereocenters. The van der Waals surface area contributed by atoms with Crippen LogP contribution in [-0.2, 0) is 4.79 Å². The highest BCUT2D eigenvalue weighted by Crippen LogP contribution is 2.34. The van der Waals surface area contributed by atoms with Crippen molar-refractivity contribution in [2.45, 2.75) is 6.92 Å². The van der Waals surface area contributed by atoms with Crippen LogP contribution in [0.5, 0.6) is 0 Å². The van der Waals surface area contributed by atoms with E-state index >= 15 is 0 Å². The standard InChI is InChI=1S/C12H9ClFNOS2/c1-2-15-11(16)10(18-12(15)17)6-7-8(13)4-3-5-9(7)14/h3-6H,2H2,1H3/b10-6+. The zero-order chi connectivity index (χ0) is 13.3. The van der Waals surface area contributed by atoms with E-state index in [9.17, 15) is 9.18 Å². The number of thiocarbonyl (C=S) groups is 1. The van der Waals surface area contributed by atoms with Gasteiger partial charge in [0.05, 0.1) is 9.93 Å². The molecule has 94 valence electrons. The summed E-state index contributed by atoms with van der Waals surface area (Å²) in [5.41, 5.74) is 0.218. The summed E-state index contributed by atoms with van der Waals surface area (Å²) in [6.45, 7) is 2.34. The third-order valence-electron chi connectivity index (χ3n) is 2.46. The molecule has 1 amide bonds. The van der Waals surface area contributed by atoms with Gasteiger partial charge in [0.1, 0.15) is 10.1 Å². The van der Waals surface area contributed by atoms with Crippen molar-refractivity contribution in [3.63, 3.8) is 0 Å². The second-order valence-corrected chi connectivity index (χ2v) is 5.64. The number of hydrogen-bond acceptors (Lipinski definition) is 3. The molecule has 2 nitrogen and oxygen atoms in total. The lowest BCUT2D eigenvalue weighted by atomic mass is 10.2. The summed E-state index contributed by atoms with van der Waals surface area (Å²) >= 11 is 12.1. The summed E-state index contributed by atoms with van der Waals surface area (Å²) in [5.74, 6) is -0.656. The smallest absolute Gasteiger partial charge is 0.266 e. The maximum Gasteiger partial charge on any atom is 0.266 e. The quantitative estimate of drug-likeness (QED) is 0.614. The van der Waals surface area contributed by atoms with Gasteiger partial charge in [-0.15, -0.1) is 0 Å². The van der Waals surface area contributed by atoms with Crippen molar-refractivity contribution >= 4 is 51.9 Å². The Balaban J connectivity index is 2.41. The van der Waals surface area contributed by atoms with E-state index in [1.165, 1.54) is 23.1 Å². The van der Waals surface area contributed by atoms with Crippen molar-refractivity contribution in [3.8, 4) is 0 Å². The molecular formula is C12H9ClFNOS2. The van der Waals surface area contributed by atoms with Crippen LogP contribution in [0.4, 0.5) is 4.39 Å². The van der Waals surface area contributed by atoms with Crippen LogP contribution in [-0.4, -0.2) is 21.7 Å². The molecule has 0 radical (unpaired) electrons. The van der Waals surface area contributed by atoms with Crippen LogP contribution < -0.4 is 0 Å². The second-order valence-electron chi connectivity index (χ2n) is 3.56. The fraction of sp³-hybridized carbons (Fsp3) is 0.167. The first kappa shape index (κ1) is 13.5. The van der Waals surface area contributed by atoms with Crippen LogP contribution in [0.15, 0.2) is 23.1 Å². The Morgan fingerprint density at radius 3 is 2.83 bits per heavy atom. The zero-order valence-corrected chi connectivity index (χ0v) is 11.8. The number of rotatable bonds is 2. The Morgan fingerprint density at radius 2 is 2.28 bits per heavy atom. The molecule has 1 aromatic carbocycles. The molecule has 0 spiro atoms. The van der Waals surface area contributed by atoms with Crippen molar-refractivity contribution in [3.05, 3.63) is 39.5 Å². The number of hydrogen-bond donors (Lipinski definition) is 0. The predicted molar refractivity (Wildman–Crippen MR) is 77.0 cm³/mol. The van der Waals surface area contributed by atoms with Crippen LogP contribution in [0.2, 0.25) is 5.02 Å². The Morgan fingerprint density at radius 1 is 1.56 bits per heavy atom. The fourth-order valence-electron chi connectivity index (χ4n) is 1.55. The first-order valence-electron chi connectivity index (χ1n) is 5.24. The van der Waals surface area contributed by atoms with Crippen molar-refractivity contribution in [2.24, 2.45) is 0 Å². The first-order chi connectivity index (χ1) is 8.54. The van der Waals surface area contributed by atoms with Gasteiger partial charge in [-0.1, -0.05) is 41.6 Å². The minimum atomic E-state index is -0.454. The molecule has 0 bridgehead atoms. The van der Waals surface area contributed by atoms with E-state index in [-0.39, 0.29) is 16.5 Å². The fourth-order valence-corrected chi connectivity index (χ4v) is 3.14. The minimum absolute atomic E-state index is 0.202. The summed E-state index contributed by atoms with van der Waals surface area (Å²) in [4.78, 5) is 13.8. The van der Waals surface area contributed by atoms with Crippen molar-refractivity contribution < 1.29 is 9.18 Å². The lowest BCUT2D eigenvalue weighted by Gasteiger charge is -2.09. The molecule has 2 rings (SSSR count). The van der Waals surface area contributed by atoms with Gasteiger partial charge in [-0.05, 0) is 25.1 Å². The van der Waals surface area contributed by atoms with E-state index in [0.717, 1.165) is 11.8 Å². The van der Waals surface area contributed by atoms with Gasteiger partial charge in [0.15, 0.2) is 0 Å². The normalized spacial score (nSPS) is 17.9. The van der Waals surface area contributed by atoms with Gasteiger partial charge in [0.2, 0.25) is 0 Å². The maximum absolute atomic E-state index is 13.6. The van der Waals surface area contributed by atoms with E-state index in [1.54, 1.807) is 6.07 Å². The van der Waals surface area contributed by atoms with Gasteiger partial charge in [-0.2, -0.15) is 0 Å². The molecule has 1 aromatic rings. The topological polar surface area (TPSA) is 20.3 Å². The number of carbonyl (C=O) groups is 1. The Kier molecular flexibility index (Phi) is 4.04. The molecule has 1 fully saturated rings. The SMILES string of the molecule is CCN1C(=O)/C(=C\c2c(F)cccc2Cl)SC1=S. The largest absolute Gasteiger partial charge is 0.293 e. The molecule has 1 saturated heterocycles. The van der Waals surface area contributed by atoms with Gasteiger partial charge in [0, 0.05) is 12.1 Å². The monoisotopic (exact) mass is 301 g/mol. The molecule has 1 aliphatic heterocycles. The van der Waals surface area contributed by atoms with Crippen LogP contribution >= 0.6 is 35.6 Å². The summed E-state index contributed by atoms with van der Waals surface area (Å²) in [6, 6.07) is 4.40. The van der Waals surface area contributed by atoms with Crippen molar-refractivity contribution in [1.29, 1.82) is 0 Å². The number of likely N-dealkylation sites (N-methyl/N-ethyl adjacent to an activating group) is 1. The highest BCUT2D eigenvalue weighted by atomic mass is 35.5. The molecule has 0 aromatic heterocycles. The minimum Gasteiger partial charge on any atom is -0.293 e. The highest BCUT2D eigenvalue weighted by Gasteiger charge is 2.30. The molecule has 0 atom stereocenters. The van der Waals surface area contributed by atoms with Gasteiger partial charge < -0.3 is 0 Å². The van der Waals surface area contributed by atoms with Gasteiger partial charge in [-0.3, -0.25) is 9.69 Å². The predicted octanol–water partition coefficient (Wildman–Crippen LogP) is 3.70. The molecule has 18 heavy (non-hydrogen) atoms. The molecule has 6 heteroatoms. The molecule has 1 aliphatic rings. The van der Waals surface area contributed by atoms with Crippen molar-refractivity contribution in [1.82, 2.24) is 4.90 Å². The second kappa shape index (κ2) is 5.38. The number of thioether (sulfide) groups is 1. The molecule has 0 N–H and O–H groups in total. The van der Waals surface area contributed by atoms with E-state index in [4.69, 9.17) is 23.8 Å². The number of benzene rings is 1. The summed E-state index contributed by atoms with van der Waals surface area (Å²) in [5, 5.41) is 0.275. The third-order valence-corrected chi connectivity index (χ3v) is 4.17. The molecule has 0 saturated carbocycles. The lowest BCUT2D eigenvalue weighted by Crippen LogP contribution is -2.27. The number of carbonyl (C=O) groups excluding carboxylic acids is 1. The Bertz CT molecular complexity index is 539. The van der Waals surface area contributed by atoms with E-state index < -0.39 is 5.82 Å². The van der Waals surface area contributed by atoms with Crippen molar-refractivity contribution in [2.75, 3.05) is 6.54 Å². The third kappa shape index (κ3) is 2.43. The molecule has 1 heterocycles. The average Bonchev–Trinajstić information content (AvgIpc) is 2.59. The summed E-state index contributed by atoms with van der Waals surface area (Å²) < 4.78 is 14.1. The van der Waals surface area contributed by atoms with Gasteiger partial charge in [0.25, 0.3) is 5.91 Å². The summed E-state index contributed by atoms with van der Waals surface area (Å²) in [6.07, 6.45) is 1.45. The average molecular weight is 302 g/mol. The van der Waals surface area contributed by atoms with Crippen LogP contribution in [0.3, 0.4) is 0 Å².